The molecule has 0 amide bonds. The summed E-state index contributed by atoms with van der Waals surface area (Å²) in [5.41, 5.74) is 1.27. The number of nitrogens with one attached hydrogen (secondary N) is 1. The van der Waals surface area contributed by atoms with E-state index in [1.807, 2.05) is 43.3 Å². The van der Waals surface area contributed by atoms with Crippen LogP contribution in [-0.2, 0) is 0 Å². The molecule has 2 atom stereocenters. The molecule has 0 fully saturated rings. The van der Waals surface area contributed by atoms with Gasteiger partial charge >= 0.3 is 0 Å². The van der Waals surface area contributed by atoms with Crippen molar-refractivity contribution in [1.82, 2.24) is 9.97 Å². The average molecular weight is 280 g/mol. The first-order valence-electron chi connectivity index (χ1n) is 6.89. The third kappa shape index (κ3) is 2.58. The summed E-state index contributed by atoms with van der Waals surface area (Å²) in [4.78, 5) is 19.3. The van der Waals surface area contributed by atoms with Gasteiger partial charge in [-0.2, -0.15) is 0 Å². The summed E-state index contributed by atoms with van der Waals surface area (Å²) in [7, 11) is 0. The Morgan fingerprint density at radius 3 is 2.48 bits per heavy atom. The first kappa shape index (κ1) is 13.5. The Morgan fingerprint density at radius 1 is 1.05 bits per heavy atom. The van der Waals surface area contributed by atoms with Gasteiger partial charge in [0, 0.05) is 5.92 Å². The zero-order chi connectivity index (χ0) is 14.8. The fourth-order valence-corrected chi connectivity index (χ4v) is 2.41. The van der Waals surface area contributed by atoms with Gasteiger partial charge in [-0.3, -0.25) is 4.79 Å². The Kier molecular flexibility index (Phi) is 3.54. The van der Waals surface area contributed by atoms with Gasteiger partial charge < -0.3 is 10.1 Å². The molecule has 0 aliphatic rings. The fraction of sp³-hybridized carbons (Fsp3) is 0.176. The van der Waals surface area contributed by atoms with Crippen LogP contribution in [0.4, 0.5) is 0 Å². The van der Waals surface area contributed by atoms with Gasteiger partial charge in [-0.15, -0.1) is 0 Å². The van der Waals surface area contributed by atoms with E-state index >= 15 is 0 Å². The van der Waals surface area contributed by atoms with Crippen LogP contribution in [0.25, 0.3) is 10.9 Å². The number of para-hydroxylation sites is 1. The lowest BCUT2D eigenvalue weighted by molar-refractivity contribution is 0.148. The number of aliphatic hydroxyl groups excluding tert-OH is 1. The van der Waals surface area contributed by atoms with E-state index < -0.39 is 6.10 Å². The molecule has 1 aromatic heterocycles. The number of aliphatic hydroxyl groups is 1. The number of hydrogen-bond donors (Lipinski definition) is 2. The van der Waals surface area contributed by atoms with E-state index in [4.69, 9.17) is 0 Å². The van der Waals surface area contributed by atoms with Crippen molar-refractivity contribution in [3.05, 3.63) is 76.3 Å². The Labute approximate surface area is 122 Å². The molecule has 4 heteroatoms. The highest BCUT2D eigenvalue weighted by atomic mass is 16.3. The van der Waals surface area contributed by atoms with Crippen molar-refractivity contribution < 1.29 is 5.11 Å². The van der Waals surface area contributed by atoms with Gasteiger partial charge in [-0.1, -0.05) is 49.4 Å². The Morgan fingerprint density at radius 2 is 1.71 bits per heavy atom. The van der Waals surface area contributed by atoms with Gasteiger partial charge in [-0.25, -0.2) is 4.98 Å². The zero-order valence-corrected chi connectivity index (χ0v) is 11.7. The van der Waals surface area contributed by atoms with Crippen molar-refractivity contribution in [2.45, 2.75) is 18.9 Å². The lowest BCUT2D eigenvalue weighted by Gasteiger charge is -2.18. The molecule has 2 unspecified atom stereocenters. The van der Waals surface area contributed by atoms with E-state index in [2.05, 4.69) is 9.97 Å². The van der Waals surface area contributed by atoms with E-state index in [0.29, 0.717) is 16.7 Å². The van der Waals surface area contributed by atoms with Gasteiger partial charge in [0.1, 0.15) is 5.82 Å². The highest BCUT2D eigenvalue weighted by Crippen LogP contribution is 2.28. The molecule has 21 heavy (non-hydrogen) atoms. The largest absolute Gasteiger partial charge is 0.388 e. The molecular formula is C17H16N2O2. The van der Waals surface area contributed by atoms with Gasteiger partial charge in [0.25, 0.3) is 5.56 Å². The minimum absolute atomic E-state index is 0.178. The number of rotatable bonds is 3. The van der Waals surface area contributed by atoms with Crippen LogP contribution in [0.2, 0.25) is 0 Å². The molecular weight excluding hydrogens is 264 g/mol. The minimum Gasteiger partial charge on any atom is -0.388 e. The summed E-state index contributed by atoms with van der Waals surface area (Å²) in [5.74, 6) is 0.194. The minimum atomic E-state index is -0.712. The van der Waals surface area contributed by atoms with Crippen molar-refractivity contribution in [3.63, 3.8) is 0 Å². The van der Waals surface area contributed by atoms with Crippen molar-refractivity contribution >= 4 is 10.9 Å². The number of fused-ring (bicyclic) bond motifs is 1. The molecule has 4 nitrogen and oxygen atoms in total. The van der Waals surface area contributed by atoms with Crippen LogP contribution in [0.1, 0.15) is 30.3 Å². The topological polar surface area (TPSA) is 66.0 Å². The first-order chi connectivity index (χ1) is 10.2. The number of H-pyrrole nitrogens is 1. The second kappa shape index (κ2) is 5.50. The summed E-state index contributed by atoms with van der Waals surface area (Å²) in [6.45, 7) is 1.85. The zero-order valence-electron chi connectivity index (χ0n) is 11.7. The molecule has 3 rings (SSSR count). The second-order valence-corrected chi connectivity index (χ2v) is 5.11. The summed E-state index contributed by atoms with van der Waals surface area (Å²) < 4.78 is 0. The molecule has 2 aromatic carbocycles. The average Bonchev–Trinajstić information content (AvgIpc) is 2.54. The Hall–Kier alpha value is -2.46. The van der Waals surface area contributed by atoms with Crippen LogP contribution in [0, 0.1) is 0 Å². The molecule has 106 valence electrons. The van der Waals surface area contributed by atoms with Crippen molar-refractivity contribution in [3.8, 4) is 0 Å². The molecule has 0 aliphatic carbocycles. The highest BCUT2D eigenvalue weighted by Gasteiger charge is 2.20. The molecule has 3 aromatic rings. The van der Waals surface area contributed by atoms with E-state index in [0.717, 1.165) is 5.56 Å². The van der Waals surface area contributed by atoms with Crippen molar-refractivity contribution in [2.75, 3.05) is 0 Å². The number of aromatic amines is 1. The van der Waals surface area contributed by atoms with E-state index in [9.17, 15) is 9.90 Å². The molecule has 0 radical (unpaired) electrons. The lowest BCUT2D eigenvalue weighted by atomic mass is 9.96. The number of benzene rings is 2. The van der Waals surface area contributed by atoms with E-state index in [1.54, 1.807) is 18.2 Å². The fourth-order valence-electron chi connectivity index (χ4n) is 2.41. The first-order valence-corrected chi connectivity index (χ1v) is 6.89. The molecule has 0 bridgehead atoms. The Bertz CT molecular complexity index is 812. The molecule has 0 aliphatic heterocycles. The summed E-state index contributed by atoms with van der Waals surface area (Å²) >= 11 is 0. The van der Waals surface area contributed by atoms with Gasteiger partial charge in [0.15, 0.2) is 0 Å². The molecule has 0 saturated heterocycles. The molecule has 2 N–H and O–H groups in total. The lowest BCUT2D eigenvalue weighted by Crippen LogP contribution is -2.17. The summed E-state index contributed by atoms with van der Waals surface area (Å²) in [6.07, 6.45) is -0.712. The van der Waals surface area contributed by atoms with Gasteiger partial charge in [-0.05, 0) is 17.7 Å². The third-order valence-electron chi connectivity index (χ3n) is 3.68. The highest BCUT2D eigenvalue weighted by molar-refractivity contribution is 5.77. The summed E-state index contributed by atoms with van der Waals surface area (Å²) in [6, 6.07) is 16.6. The van der Waals surface area contributed by atoms with Crippen LogP contribution in [0.3, 0.4) is 0 Å². The van der Waals surface area contributed by atoms with Crippen molar-refractivity contribution in [2.24, 2.45) is 0 Å². The third-order valence-corrected chi connectivity index (χ3v) is 3.68. The monoisotopic (exact) mass is 280 g/mol. The molecule has 0 saturated carbocycles. The number of hydrogen-bond acceptors (Lipinski definition) is 3. The number of aromatic nitrogens is 2. The maximum atomic E-state index is 12.1. The van der Waals surface area contributed by atoms with Crippen LogP contribution < -0.4 is 5.56 Å². The Balaban J connectivity index is 2.02. The van der Waals surface area contributed by atoms with Crippen LogP contribution in [0.15, 0.2) is 59.4 Å². The van der Waals surface area contributed by atoms with E-state index in [-0.39, 0.29) is 11.5 Å². The normalized spacial score (nSPS) is 14.0. The molecule has 0 spiro atoms. The number of nitrogens with zero attached hydrogens (tertiary/aromatic N) is 1. The SMILES string of the molecule is CC(c1nc2ccccc2c(=O)[nH]1)C(O)c1ccccc1. The predicted molar refractivity (Wildman–Crippen MR) is 82.2 cm³/mol. The van der Waals surface area contributed by atoms with E-state index in [1.165, 1.54) is 0 Å². The maximum Gasteiger partial charge on any atom is 0.258 e. The van der Waals surface area contributed by atoms with Gasteiger partial charge in [0.2, 0.25) is 0 Å². The predicted octanol–water partition coefficient (Wildman–Crippen LogP) is 2.76. The van der Waals surface area contributed by atoms with Crippen LogP contribution >= 0.6 is 0 Å². The van der Waals surface area contributed by atoms with Crippen LogP contribution in [0.5, 0.6) is 0 Å². The van der Waals surface area contributed by atoms with Crippen molar-refractivity contribution in [1.29, 1.82) is 0 Å². The smallest absolute Gasteiger partial charge is 0.258 e. The van der Waals surface area contributed by atoms with Crippen LogP contribution in [-0.4, -0.2) is 15.1 Å². The summed E-state index contributed by atoms with van der Waals surface area (Å²) in [5, 5.41) is 11.0. The standard InChI is InChI=1S/C17H16N2O2/c1-11(15(20)12-7-3-2-4-8-12)16-18-14-10-6-5-9-13(14)17(21)19-16/h2-11,15,20H,1H3,(H,18,19,21). The molecule has 1 heterocycles. The van der Waals surface area contributed by atoms with Gasteiger partial charge in [0.05, 0.1) is 17.0 Å². The maximum absolute atomic E-state index is 12.1. The second-order valence-electron chi connectivity index (χ2n) is 5.11. The quantitative estimate of drug-likeness (QED) is 0.775.